The predicted octanol–water partition coefficient (Wildman–Crippen LogP) is 1.91. The Hall–Kier alpha value is -1.64. The first kappa shape index (κ1) is 20.7. The van der Waals surface area contributed by atoms with Crippen LogP contribution in [-0.2, 0) is 19.6 Å². The number of hydrogen-bond donors (Lipinski definition) is 1. The quantitative estimate of drug-likeness (QED) is 0.759. The van der Waals surface area contributed by atoms with Gasteiger partial charge >= 0.3 is 5.97 Å². The number of carbonyl (C=O) groups is 2. The Kier molecular flexibility index (Phi) is 6.65. The summed E-state index contributed by atoms with van der Waals surface area (Å²) >= 11 is 5.89. The lowest BCUT2D eigenvalue weighted by molar-refractivity contribution is -0.137. The van der Waals surface area contributed by atoms with E-state index in [-0.39, 0.29) is 28.0 Å². The monoisotopic (exact) mass is 402 g/mol. The number of ether oxygens (including phenoxy) is 1. The molecule has 9 heteroatoms. The fraction of sp³-hybridized carbons (Fsp3) is 0.529. The number of sulfonamides is 1. The van der Waals surface area contributed by atoms with Crippen LogP contribution in [0, 0.1) is 11.8 Å². The van der Waals surface area contributed by atoms with Gasteiger partial charge in [-0.1, -0.05) is 25.4 Å². The Morgan fingerprint density at radius 1 is 1.27 bits per heavy atom. The molecule has 1 saturated heterocycles. The Labute approximate surface area is 158 Å². The number of carbonyl (C=O) groups excluding carboxylic acids is 2. The molecule has 0 aliphatic carbocycles. The molecular formula is C17H23ClN2O5S. The molecule has 1 aromatic carbocycles. The van der Waals surface area contributed by atoms with Crippen LogP contribution in [0.15, 0.2) is 23.1 Å². The van der Waals surface area contributed by atoms with Crippen LogP contribution in [0.2, 0.25) is 5.02 Å². The van der Waals surface area contributed by atoms with Crippen molar-refractivity contribution in [2.75, 3.05) is 26.7 Å². The fourth-order valence-corrected chi connectivity index (χ4v) is 4.36. The molecule has 1 aliphatic rings. The second-order valence-corrected chi connectivity index (χ2v) is 8.94. The van der Waals surface area contributed by atoms with Crippen LogP contribution in [0.3, 0.4) is 0 Å². The zero-order valence-corrected chi connectivity index (χ0v) is 16.6. The molecule has 2 rings (SSSR count). The lowest BCUT2D eigenvalue weighted by Crippen LogP contribution is -2.44. The van der Waals surface area contributed by atoms with Gasteiger partial charge in [0.2, 0.25) is 10.0 Å². The second kappa shape index (κ2) is 8.37. The van der Waals surface area contributed by atoms with Gasteiger partial charge in [0, 0.05) is 13.1 Å². The van der Waals surface area contributed by atoms with Crippen LogP contribution in [0.1, 0.15) is 30.6 Å². The van der Waals surface area contributed by atoms with Gasteiger partial charge in [0.15, 0.2) is 6.61 Å². The molecule has 0 unspecified atom stereocenters. The highest BCUT2D eigenvalue weighted by Gasteiger charge is 2.26. The third kappa shape index (κ3) is 4.96. The summed E-state index contributed by atoms with van der Waals surface area (Å²) in [5, 5.41) is -0.0109. The molecule has 26 heavy (non-hydrogen) atoms. The third-order valence-corrected chi connectivity index (χ3v) is 6.17. The maximum Gasteiger partial charge on any atom is 0.338 e. The van der Waals surface area contributed by atoms with Crippen molar-refractivity contribution in [2.45, 2.75) is 25.2 Å². The first-order chi connectivity index (χ1) is 12.1. The van der Waals surface area contributed by atoms with E-state index >= 15 is 0 Å². The molecule has 144 valence electrons. The van der Waals surface area contributed by atoms with E-state index in [1.807, 2.05) is 0 Å². The maximum absolute atomic E-state index is 12.3. The summed E-state index contributed by atoms with van der Waals surface area (Å²) in [5.74, 6) is -0.220. The van der Waals surface area contributed by atoms with Crippen molar-refractivity contribution in [2.24, 2.45) is 11.8 Å². The molecule has 1 N–H and O–H groups in total. The average molecular weight is 403 g/mol. The van der Waals surface area contributed by atoms with Crippen molar-refractivity contribution >= 4 is 33.5 Å². The van der Waals surface area contributed by atoms with Crippen LogP contribution < -0.4 is 4.72 Å². The van der Waals surface area contributed by atoms with Gasteiger partial charge in [-0.15, -0.1) is 0 Å². The lowest BCUT2D eigenvalue weighted by Gasteiger charge is -2.34. The van der Waals surface area contributed by atoms with Crippen molar-refractivity contribution in [3.05, 3.63) is 28.8 Å². The molecule has 1 amide bonds. The molecule has 1 aromatic rings. The zero-order valence-electron chi connectivity index (χ0n) is 15.0. The van der Waals surface area contributed by atoms with Crippen LogP contribution in [0.25, 0.3) is 0 Å². The van der Waals surface area contributed by atoms with Crippen molar-refractivity contribution in [3.63, 3.8) is 0 Å². The molecule has 7 nitrogen and oxygen atoms in total. The molecule has 2 atom stereocenters. The summed E-state index contributed by atoms with van der Waals surface area (Å²) in [6.07, 6.45) is 1.07. The van der Waals surface area contributed by atoms with Gasteiger partial charge in [0.25, 0.3) is 5.91 Å². The van der Waals surface area contributed by atoms with Gasteiger partial charge in [-0.05, 0) is 43.5 Å². The summed E-state index contributed by atoms with van der Waals surface area (Å²) in [5.41, 5.74) is 0.0106. The maximum atomic E-state index is 12.3. The van der Waals surface area contributed by atoms with E-state index < -0.39 is 16.0 Å². The highest BCUT2D eigenvalue weighted by atomic mass is 35.5. The topological polar surface area (TPSA) is 92.8 Å². The molecule has 0 spiro atoms. The van der Waals surface area contributed by atoms with Gasteiger partial charge in [-0.2, -0.15) is 0 Å². The van der Waals surface area contributed by atoms with Crippen molar-refractivity contribution in [3.8, 4) is 0 Å². The van der Waals surface area contributed by atoms with E-state index in [4.69, 9.17) is 16.3 Å². The highest BCUT2D eigenvalue weighted by Crippen LogP contribution is 2.23. The van der Waals surface area contributed by atoms with Crippen LogP contribution in [-0.4, -0.2) is 51.9 Å². The first-order valence-corrected chi connectivity index (χ1v) is 10.2. The number of amides is 1. The Morgan fingerprint density at radius 3 is 2.46 bits per heavy atom. The van der Waals surface area contributed by atoms with Crippen LogP contribution >= 0.6 is 11.6 Å². The molecule has 1 aliphatic heterocycles. The summed E-state index contributed by atoms with van der Waals surface area (Å²) in [6, 6.07) is 3.79. The molecule has 1 heterocycles. The van der Waals surface area contributed by atoms with Gasteiger partial charge in [-0.25, -0.2) is 17.9 Å². The minimum absolute atomic E-state index is 0.0106. The SMILES string of the molecule is CNS(=O)(=O)c1cc(C(=O)OCC(=O)N2C[C@H](C)C[C@H](C)C2)ccc1Cl. The number of nitrogens with one attached hydrogen (secondary N) is 1. The number of rotatable bonds is 5. The molecular weight excluding hydrogens is 380 g/mol. The van der Waals surface area contributed by atoms with E-state index in [2.05, 4.69) is 18.6 Å². The summed E-state index contributed by atoms with van der Waals surface area (Å²) in [7, 11) is -2.56. The number of likely N-dealkylation sites (tertiary alicyclic amines) is 1. The standard InChI is InChI=1S/C17H23ClN2O5S/c1-11-6-12(2)9-20(8-11)16(21)10-25-17(22)13-4-5-14(18)15(7-13)26(23,24)19-3/h4-5,7,11-12,19H,6,8-10H2,1-3H3/t11-,12+. The molecule has 0 saturated carbocycles. The second-order valence-electron chi connectivity index (χ2n) is 6.67. The predicted molar refractivity (Wildman–Crippen MR) is 97.5 cm³/mol. The minimum atomic E-state index is -3.81. The van der Waals surface area contributed by atoms with Crippen molar-refractivity contribution in [1.82, 2.24) is 9.62 Å². The summed E-state index contributed by atoms with van der Waals surface area (Å²) < 4.78 is 31.1. The lowest BCUT2D eigenvalue weighted by atomic mass is 9.92. The molecule has 1 fully saturated rings. The minimum Gasteiger partial charge on any atom is -0.452 e. The summed E-state index contributed by atoms with van der Waals surface area (Å²) in [6.45, 7) is 5.08. The van der Waals surface area contributed by atoms with Gasteiger partial charge < -0.3 is 9.64 Å². The Balaban J connectivity index is 2.04. The smallest absolute Gasteiger partial charge is 0.338 e. The number of esters is 1. The molecule has 0 bridgehead atoms. The largest absolute Gasteiger partial charge is 0.452 e. The molecule has 0 radical (unpaired) electrons. The van der Waals surface area contributed by atoms with E-state index in [1.165, 1.54) is 19.2 Å². The van der Waals surface area contributed by atoms with E-state index in [1.54, 1.807) is 4.90 Å². The summed E-state index contributed by atoms with van der Waals surface area (Å²) in [4.78, 5) is 25.9. The number of halogens is 1. The zero-order chi connectivity index (χ0) is 19.5. The van der Waals surface area contributed by atoms with E-state index in [0.29, 0.717) is 24.9 Å². The number of hydrogen-bond acceptors (Lipinski definition) is 5. The van der Waals surface area contributed by atoms with Crippen LogP contribution in [0.5, 0.6) is 0 Å². The average Bonchev–Trinajstić information content (AvgIpc) is 2.58. The normalized spacial score (nSPS) is 20.7. The number of piperidine rings is 1. The van der Waals surface area contributed by atoms with Gasteiger partial charge in [0.05, 0.1) is 10.6 Å². The Bertz CT molecular complexity index is 786. The van der Waals surface area contributed by atoms with Crippen molar-refractivity contribution in [1.29, 1.82) is 0 Å². The molecule has 0 aromatic heterocycles. The van der Waals surface area contributed by atoms with Crippen LogP contribution in [0.4, 0.5) is 0 Å². The number of benzene rings is 1. The highest BCUT2D eigenvalue weighted by molar-refractivity contribution is 7.89. The van der Waals surface area contributed by atoms with E-state index in [9.17, 15) is 18.0 Å². The fourth-order valence-electron chi connectivity index (χ4n) is 3.11. The number of nitrogens with zero attached hydrogens (tertiary/aromatic N) is 1. The van der Waals surface area contributed by atoms with E-state index in [0.717, 1.165) is 12.5 Å². The first-order valence-electron chi connectivity index (χ1n) is 8.32. The van der Waals surface area contributed by atoms with Crippen molar-refractivity contribution < 1.29 is 22.7 Å². The van der Waals surface area contributed by atoms with Gasteiger partial charge in [0.1, 0.15) is 4.90 Å². The Morgan fingerprint density at radius 2 is 1.88 bits per heavy atom. The van der Waals surface area contributed by atoms with Gasteiger partial charge in [-0.3, -0.25) is 4.79 Å². The third-order valence-electron chi connectivity index (χ3n) is 4.27.